The van der Waals surface area contributed by atoms with Crippen molar-refractivity contribution >= 4 is 21.7 Å². The van der Waals surface area contributed by atoms with Crippen LogP contribution in [-0.2, 0) is 0 Å². The maximum absolute atomic E-state index is 11.6. The van der Waals surface area contributed by atoms with Crippen LogP contribution >= 0.6 is 0 Å². The van der Waals surface area contributed by atoms with Gasteiger partial charge in [-0.1, -0.05) is 19.9 Å². The van der Waals surface area contributed by atoms with Gasteiger partial charge in [-0.05, 0) is 18.1 Å². The average Bonchev–Trinajstić information content (AvgIpc) is 2.37. The molecule has 3 rings (SSSR count). The van der Waals surface area contributed by atoms with Crippen molar-refractivity contribution in [3.63, 3.8) is 0 Å². The minimum Gasteiger partial charge on any atom is -0.407 e. The predicted octanol–water partition coefficient (Wildman–Crippen LogP) is 2.86. The number of rotatable bonds is 1. The maximum Gasteiger partial charge on any atom is 0.439 e. The molecule has 0 spiro atoms. The van der Waals surface area contributed by atoms with Gasteiger partial charge in [0.1, 0.15) is 5.58 Å². The van der Waals surface area contributed by atoms with E-state index in [4.69, 9.17) is 4.42 Å². The molecule has 2 aromatic heterocycles. The van der Waals surface area contributed by atoms with Crippen LogP contribution in [0.4, 0.5) is 0 Å². The zero-order chi connectivity index (χ0) is 12.7. The minimum atomic E-state index is -0.546. The molecule has 0 amide bonds. The lowest BCUT2D eigenvalue weighted by molar-refractivity contribution is 0.526. The summed E-state index contributed by atoms with van der Waals surface area (Å²) < 4.78 is 5.27. The predicted molar refractivity (Wildman–Crippen MR) is 69.7 cm³/mol. The van der Waals surface area contributed by atoms with Crippen LogP contribution in [0.25, 0.3) is 21.7 Å². The van der Waals surface area contributed by atoms with E-state index in [1.807, 2.05) is 32.0 Å². The Kier molecular flexibility index (Phi) is 2.37. The fourth-order valence-corrected chi connectivity index (χ4v) is 2.16. The number of pyridine rings is 1. The van der Waals surface area contributed by atoms with Crippen molar-refractivity contribution in [2.45, 2.75) is 19.8 Å². The molecule has 0 aliphatic rings. The van der Waals surface area contributed by atoms with Crippen LogP contribution in [0.15, 0.2) is 39.8 Å². The highest BCUT2D eigenvalue weighted by molar-refractivity contribution is 6.04. The maximum atomic E-state index is 11.6. The molecule has 0 saturated heterocycles. The first-order chi connectivity index (χ1) is 8.66. The number of nitrogens with zero attached hydrogens (tertiary/aromatic N) is 2. The molecule has 0 saturated carbocycles. The lowest BCUT2D eigenvalue weighted by atomic mass is 10.0. The van der Waals surface area contributed by atoms with Gasteiger partial charge in [-0.25, -0.2) is 4.79 Å². The molecule has 1 aromatic carbocycles. The number of hydrogen-bond donors (Lipinski definition) is 0. The van der Waals surface area contributed by atoms with Crippen molar-refractivity contribution in [1.29, 1.82) is 0 Å². The average molecular weight is 240 g/mol. The van der Waals surface area contributed by atoms with Gasteiger partial charge in [-0.15, -0.1) is 0 Å². The second-order valence-electron chi connectivity index (χ2n) is 4.56. The molecule has 0 radical (unpaired) electrons. The highest BCUT2D eigenvalue weighted by Gasteiger charge is 2.12. The molecule has 18 heavy (non-hydrogen) atoms. The smallest absolute Gasteiger partial charge is 0.407 e. The Morgan fingerprint density at radius 1 is 1.17 bits per heavy atom. The van der Waals surface area contributed by atoms with E-state index in [1.54, 1.807) is 12.4 Å². The molecule has 4 heteroatoms. The molecular formula is C14H12N2O2. The topological polar surface area (TPSA) is 56.0 Å². The summed E-state index contributed by atoms with van der Waals surface area (Å²) in [5, 5.41) is 2.74. The van der Waals surface area contributed by atoms with E-state index in [1.165, 1.54) is 0 Å². The van der Waals surface area contributed by atoms with Gasteiger partial charge >= 0.3 is 5.76 Å². The van der Waals surface area contributed by atoms with Crippen LogP contribution in [0.5, 0.6) is 0 Å². The van der Waals surface area contributed by atoms with E-state index in [9.17, 15) is 4.79 Å². The van der Waals surface area contributed by atoms with Gasteiger partial charge < -0.3 is 4.42 Å². The van der Waals surface area contributed by atoms with Gasteiger partial charge in [-0.2, -0.15) is 4.98 Å². The Labute approximate surface area is 103 Å². The second-order valence-corrected chi connectivity index (χ2v) is 4.56. The summed E-state index contributed by atoms with van der Waals surface area (Å²) in [7, 11) is 0. The largest absolute Gasteiger partial charge is 0.439 e. The zero-order valence-electron chi connectivity index (χ0n) is 10.2. The van der Waals surface area contributed by atoms with E-state index in [0.717, 1.165) is 21.9 Å². The molecule has 90 valence electrons. The summed E-state index contributed by atoms with van der Waals surface area (Å²) >= 11 is 0. The van der Waals surface area contributed by atoms with Crippen molar-refractivity contribution < 1.29 is 4.42 Å². The third-order valence-electron chi connectivity index (χ3n) is 2.99. The van der Waals surface area contributed by atoms with E-state index < -0.39 is 5.76 Å². The number of hydrogen-bond acceptors (Lipinski definition) is 4. The lowest BCUT2D eigenvalue weighted by Crippen LogP contribution is -2.09. The van der Waals surface area contributed by atoms with E-state index in [2.05, 4.69) is 9.97 Å². The first-order valence-corrected chi connectivity index (χ1v) is 5.84. The molecule has 3 aromatic rings. The van der Waals surface area contributed by atoms with Crippen molar-refractivity contribution in [3.8, 4) is 0 Å². The van der Waals surface area contributed by atoms with Crippen molar-refractivity contribution in [3.05, 3.63) is 46.8 Å². The standard InChI is InChI=1S/C14H12N2O2/c1-8(2)12-11-4-3-9-7-15-6-5-10(9)13(11)18-14(17)16-12/h3-8H,1-2H3. The van der Waals surface area contributed by atoms with Gasteiger partial charge in [0.2, 0.25) is 0 Å². The molecule has 0 fully saturated rings. The molecule has 4 nitrogen and oxygen atoms in total. The third-order valence-corrected chi connectivity index (χ3v) is 2.99. The highest BCUT2D eigenvalue weighted by Crippen LogP contribution is 2.27. The summed E-state index contributed by atoms with van der Waals surface area (Å²) in [4.78, 5) is 19.6. The van der Waals surface area contributed by atoms with Crippen LogP contribution in [-0.4, -0.2) is 9.97 Å². The number of benzene rings is 1. The fourth-order valence-electron chi connectivity index (χ4n) is 2.16. The summed E-state index contributed by atoms with van der Waals surface area (Å²) in [6.45, 7) is 4.02. The van der Waals surface area contributed by atoms with Gasteiger partial charge in [0.05, 0.1) is 5.69 Å². The van der Waals surface area contributed by atoms with Crippen molar-refractivity contribution in [2.24, 2.45) is 0 Å². The van der Waals surface area contributed by atoms with Crippen LogP contribution < -0.4 is 5.76 Å². The molecule has 0 aliphatic carbocycles. The van der Waals surface area contributed by atoms with E-state index in [0.29, 0.717) is 5.58 Å². The number of aromatic nitrogens is 2. The minimum absolute atomic E-state index is 0.177. The third kappa shape index (κ3) is 1.57. The molecule has 0 aliphatic heterocycles. The van der Waals surface area contributed by atoms with E-state index in [-0.39, 0.29) is 5.92 Å². The quantitative estimate of drug-likeness (QED) is 0.614. The Morgan fingerprint density at radius 2 is 2.00 bits per heavy atom. The first kappa shape index (κ1) is 10.9. The van der Waals surface area contributed by atoms with Crippen LogP contribution in [0.2, 0.25) is 0 Å². The molecular weight excluding hydrogens is 228 g/mol. The zero-order valence-corrected chi connectivity index (χ0v) is 10.2. The molecule has 0 bridgehead atoms. The summed E-state index contributed by atoms with van der Waals surface area (Å²) in [6, 6.07) is 5.76. The van der Waals surface area contributed by atoms with Gasteiger partial charge in [0.15, 0.2) is 0 Å². The summed E-state index contributed by atoms with van der Waals surface area (Å²) in [5.41, 5.74) is 1.37. The van der Waals surface area contributed by atoms with Crippen molar-refractivity contribution in [2.75, 3.05) is 0 Å². The fraction of sp³-hybridized carbons (Fsp3) is 0.214. The summed E-state index contributed by atoms with van der Waals surface area (Å²) in [6.07, 6.45) is 3.45. The first-order valence-electron chi connectivity index (χ1n) is 5.84. The monoisotopic (exact) mass is 240 g/mol. The number of fused-ring (bicyclic) bond motifs is 3. The van der Waals surface area contributed by atoms with Crippen molar-refractivity contribution in [1.82, 2.24) is 9.97 Å². The molecule has 0 unspecified atom stereocenters. The Bertz CT molecular complexity index is 791. The second kappa shape index (κ2) is 3.91. The Morgan fingerprint density at radius 3 is 2.78 bits per heavy atom. The molecule has 0 atom stereocenters. The molecule has 0 N–H and O–H groups in total. The Hall–Kier alpha value is -2.23. The molecule has 2 heterocycles. The van der Waals surface area contributed by atoms with Gasteiger partial charge in [-0.3, -0.25) is 4.98 Å². The Balaban J connectivity index is 2.55. The summed E-state index contributed by atoms with van der Waals surface area (Å²) in [5.74, 6) is -0.369. The van der Waals surface area contributed by atoms with E-state index >= 15 is 0 Å². The van der Waals surface area contributed by atoms with Crippen LogP contribution in [0, 0.1) is 0 Å². The highest BCUT2D eigenvalue weighted by atomic mass is 16.4. The van der Waals surface area contributed by atoms with Gasteiger partial charge in [0, 0.05) is 28.6 Å². The SMILES string of the molecule is CC(C)c1nc(=O)oc2c1ccc1cnccc12. The lowest BCUT2D eigenvalue weighted by Gasteiger charge is -2.08. The normalized spacial score (nSPS) is 11.5. The van der Waals surface area contributed by atoms with Gasteiger partial charge in [0.25, 0.3) is 0 Å². The van der Waals surface area contributed by atoms with Crippen LogP contribution in [0.3, 0.4) is 0 Å². The van der Waals surface area contributed by atoms with Crippen LogP contribution in [0.1, 0.15) is 25.5 Å².